The van der Waals surface area contributed by atoms with Crippen molar-refractivity contribution in [1.29, 1.82) is 0 Å². The van der Waals surface area contributed by atoms with Gasteiger partial charge in [-0.1, -0.05) is 12.1 Å². The van der Waals surface area contributed by atoms with Crippen molar-refractivity contribution in [2.75, 3.05) is 7.11 Å². The summed E-state index contributed by atoms with van der Waals surface area (Å²) < 4.78 is 0. The number of aliphatic hydroxyl groups is 1. The molecule has 2 nitrogen and oxygen atoms in total. The third-order valence-corrected chi connectivity index (χ3v) is 3.52. The van der Waals surface area contributed by atoms with Gasteiger partial charge in [-0.2, -0.15) is 0 Å². The van der Waals surface area contributed by atoms with Crippen LogP contribution in [0.2, 0.25) is 0 Å². The lowest BCUT2D eigenvalue weighted by Gasteiger charge is -2.18. The third-order valence-electron chi connectivity index (χ3n) is 3.52. The van der Waals surface area contributed by atoms with E-state index in [2.05, 4.69) is 12.1 Å². The lowest BCUT2D eigenvalue weighted by atomic mass is 9.86. The van der Waals surface area contributed by atoms with Crippen molar-refractivity contribution in [3.05, 3.63) is 34.4 Å². The molecule has 0 amide bonds. The number of Topliss-reactive ketones (excluding diaryl/α,β-unsaturated/α-hetero) is 1. The van der Waals surface area contributed by atoms with E-state index in [-0.39, 0.29) is 0 Å². The van der Waals surface area contributed by atoms with Crippen LogP contribution in [0.15, 0.2) is 12.1 Å². The fraction of sp³-hybridized carbons (Fsp3) is 0.500. The second kappa shape index (κ2) is 4.79. The Labute approximate surface area is 96.3 Å². The molecular formula is C14H18O2. The van der Waals surface area contributed by atoms with Crippen LogP contribution in [0.1, 0.15) is 46.3 Å². The highest BCUT2D eigenvalue weighted by atomic mass is 16.2. The average molecular weight is 218 g/mol. The van der Waals surface area contributed by atoms with Crippen LogP contribution in [0.3, 0.4) is 0 Å². The number of aliphatic hydroxyl groups excluding tert-OH is 1. The molecule has 0 radical (unpaired) electrons. The third kappa shape index (κ3) is 1.78. The largest absolute Gasteiger partial charge is 0.400 e. The second-order valence-corrected chi connectivity index (χ2v) is 4.37. The number of hydrogen-bond acceptors (Lipinski definition) is 2. The fourth-order valence-electron chi connectivity index (χ4n) is 2.81. The molecule has 16 heavy (non-hydrogen) atoms. The van der Waals surface area contributed by atoms with Crippen LogP contribution in [0, 0.1) is 0 Å². The number of aryl methyl sites for hydroxylation is 2. The molecular weight excluding hydrogens is 200 g/mol. The average Bonchev–Trinajstić information content (AvgIpc) is 2.74. The topological polar surface area (TPSA) is 37.3 Å². The smallest absolute Gasteiger partial charge is 0.163 e. The zero-order valence-electron chi connectivity index (χ0n) is 9.75. The molecule has 2 aliphatic rings. The second-order valence-electron chi connectivity index (χ2n) is 4.37. The monoisotopic (exact) mass is 218 g/mol. The van der Waals surface area contributed by atoms with E-state index in [4.69, 9.17) is 5.11 Å². The Morgan fingerprint density at radius 3 is 2.44 bits per heavy atom. The van der Waals surface area contributed by atoms with Crippen molar-refractivity contribution in [2.45, 2.75) is 38.5 Å². The molecule has 0 unspecified atom stereocenters. The Bertz CT molecular complexity index is 407. The molecule has 0 saturated heterocycles. The molecule has 0 atom stereocenters. The fourth-order valence-corrected chi connectivity index (χ4v) is 2.81. The summed E-state index contributed by atoms with van der Waals surface area (Å²) in [7, 11) is 1.00. The summed E-state index contributed by atoms with van der Waals surface area (Å²) in [5, 5.41) is 7.00. The molecule has 0 spiro atoms. The van der Waals surface area contributed by atoms with Gasteiger partial charge in [-0.25, -0.2) is 0 Å². The number of ketones is 1. The molecule has 2 heteroatoms. The van der Waals surface area contributed by atoms with Gasteiger partial charge in [0.2, 0.25) is 0 Å². The lowest BCUT2D eigenvalue weighted by molar-refractivity contribution is 0.0993. The van der Waals surface area contributed by atoms with E-state index in [0.29, 0.717) is 5.78 Å². The van der Waals surface area contributed by atoms with Gasteiger partial charge in [-0.3, -0.25) is 4.79 Å². The zero-order chi connectivity index (χ0) is 11.5. The zero-order valence-corrected chi connectivity index (χ0v) is 9.75. The first-order valence-electron chi connectivity index (χ1n) is 5.98. The van der Waals surface area contributed by atoms with E-state index < -0.39 is 0 Å². The summed E-state index contributed by atoms with van der Waals surface area (Å²) in [6.45, 7) is 0. The quantitative estimate of drug-likeness (QED) is 0.725. The molecule has 86 valence electrons. The Morgan fingerprint density at radius 2 is 1.62 bits per heavy atom. The predicted octanol–water partition coefficient (Wildman–Crippen LogP) is 2.30. The first-order chi connectivity index (χ1) is 7.86. The minimum atomic E-state index is 0.388. The molecule has 0 bridgehead atoms. The molecule has 1 N–H and O–H groups in total. The highest BCUT2D eigenvalue weighted by Crippen LogP contribution is 2.32. The minimum absolute atomic E-state index is 0.388. The van der Waals surface area contributed by atoms with E-state index >= 15 is 0 Å². The molecule has 0 saturated carbocycles. The van der Waals surface area contributed by atoms with Gasteiger partial charge in [0.25, 0.3) is 0 Å². The summed E-state index contributed by atoms with van der Waals surface area (Å²) >= 11 is 0. The van der Waals surface area contributed by atoms with Gasteiger partial charge in [0.1, 0.15) is 0 Å². The van der Waals surface area contributed by atoms with Gasteiger partial charge >= 0.3 is 0 Å². The number of rotatable bonds is 0. The van der Waals surface area contributed by atoms with Crippen molar-refractivity contribution < 1.29 is 9.90 Å². The van der Waals surface area contributed by atoms with E-state index in [1.807, 2.05) is 0 Å². The molecule has 2 aliphatic carbocycles. The maximum Gasteiger partial charge on any atom is 0.163 e. The van der Waals surface area contributed by atoms with Crippen molar-refractivity contribution >= 4 is 5.78 Å². The standard InChI is InChI=1S/C13H14O.CH4O/c14-12-8-7-10-6-5-9-3-1-2-4-11(9)13(10)12;1-2/h5-6H,1-4,7-8H2;2H,1H3. The van der Waals surface area contributed by atoms with Gasteiger partial charge in [-0.05, 0) is 48.8 Å². The summed E-state index contributed by atoms with van der Waals surface area (Å²) in [4.78, 5) is 11.7. The van der Waals surface area contributed by atoms with Gasteiger partial charge in [0, 0.05) is 19.1 Å². The number of carbonyl (C=O) groups excluding carboxylic acids is 1. The first-order valence-corrected chi connectivity index (χ1v) is 5.98. The minimum Gasteiger partial charge on any atom is -0.400 e. The van der Waals surface area contributed by atoms with Crippen molar-refractivity contribution in [1.82, 2.24) is 0 Å². The number of benzene rings is 1. The maximum absolute atomic E-state index is 11.7. The Hall–Kier alpha value is -1.15. The van der Waals surface area contributed by atoms with Crippen LogP contribution < -0.4 is 0 Å². The van der Waals surface area contributed by atoms with Crippen LogP contribution in [-0.4, -0.2) is 18.0 Å². The van der Waals surface area contributed by atoms with Crippen molar-refractivity contribution in [3.63, 3.8) is 0 Å². The van der Waals surface area contributed by atoms with Crippen LogP contribution in [0.4, 0.5) is 0 Å². The first kappa shape index (κ1) is 11.3. The maximum atomic E-state index is 11.7. The highest BCUT2D eigenvalue weighted by molar-refractivity contribution is 6.02. The molecule has 0 heterocycles. The van der Waals surface area contributed by atoms with Crippen LogP contribution in [0.5, 0.6) is 0 Å². The summed E-state index contributed by atoms with van der Waals surface area (Å²) in [5.74, 6) is 0.388. The Balaban J connectivity index is 0.000000457. The predicted molar refractivity (Wildman–Crippen MR) is 63.9 cm³/mol. The lowest BCUT2D eigenvalue weighted by Crippen LogP contribution is -2.08. The summed E-state index contributed by atoms with van der Waals surface area (Å²) in [5.41, 5.74) is 5.22. The Morgan fingerprint density at radius 1 is 0.938 bits per heavy atom. The van der Waals surface area contributed by atoms with E-state index in [1.54, 1.807) is 0 Å². The van der Waals surface area contributed by atoms with Gasteiger partial charge in [0.15, 0.2) is 5.78 Å². The van der Waals surface area contributed by atoms with Crippen LogP contribution >= 0.6 is 0 Å². The normalized spacial score (nSPS) is 17.2. The highest BCUT2D eigenvalue weighted by Gasteiger charge is 2.25. The summed E-state index contributed by atoms with van der Waals surface area (Å²) in [6.07, 6.45) is 6.57. The number of hydrogen-bond donors (Lipinski definition) is 1. The van der Waals surface area contributed by atoms with E-state index in [1.165, 1.54) is 36.0 Å². The molecule has 1 aromatic carbocycles. The number of carbonyl (C=O) groups is 1. The molecule has 0 aromatic heterocycles. The van der Waals surface area contributed by atoms with E-state index in [0.717, 1.165) is 31.9 Å². The van der Waals surface area contributed by atoms with E-state index in [9.17, 15) is 4.79 Å². The van der Waals surface area contributed by atoms with Gasteiger partial charge in [0.05, 0.1) is 0 Å². The molecule has 0 aliphatic heterocycles. The van der Waals surface area contributed by atoms with Gasteiger partial charge < -0.3 is 5.11 Å². The van der Waals surface area contributed by atoms with Crippen molar-refractivity contribution in [3.8, 4) is 0 Å². The van der Waals surface area contributed by atoms with Gasteiger partial charge in [-0.15, -0.1) is 0 Å². The Kier molecular flexibility index (Phi) is 3.39. The van der Waals surface area contributed by atoms with Crippen molar-refractivity contribution in [2.24, 2.45) is 0 Å². The number of fused-ring (bicyclic) bond motifs is 3. The molecule has 3 rings (SSSR count). The molecule has 1 aromatic rings. The summed E-state index contributed by atoms with van der Waals surface area (Å²) in [6, 6.07) is 4.41. The SMILES string of the molecule is CO.O=C1CCc2ccc3c(c21)CCCC3. The molecule has 0 fully saturated rings. The van der Waals surface area contributed by atoms with Crippen LogP contribution in [0.25, 0.3) is 0 Å². The van der Waals surface area contributed by atoms with Crippen LogP contribution in [-0.2, 0) is 19.3 Å².